The first-order valence-corrected chi connectivity index (χ1v) is 7.17. The number of furan rings is 1. The molecule has 1 aromatic heterocycles. The van der Waals surface area contributed by atoms with E-state index in [1.54, 1.807) is 6.26 Å². The maximum atomic E-state index is 11.4. The van der Waals surface area contributed by atoms with E-state index >= 15 is 0 Å². The van der Waals surface area contributed by atoms with Crippen LogP contribution in [-0.4, -0.2) is 28.6 Å². The maximum absolute atomic E-state index is 11.4. The number of hydrogen-bond acceptors (Lipinski definition) is 3. The Morgan fingerprint density at radius 1 is 1.30 bits per heavy atom. The lowest BCUT2D eigenvalue weighted by atomic mass is 10.1. The van der Waals surface area contributed by atoms with Gasteiger partial charge in [-0.25, -0.2) is 0 Å². The highest BCUT2D eigenvalue weighted by atomic mass is 16.4. The van der Waals surface area contributed by atoms with Gasteiger partial charge in [0.25, 0.3) is 0 Å². The molecule has 20 heavy (non-hydrogen) atoms. The second-order valence-corrected chi connectivity index (χ2v) is 5.43. The highest BCUT2D eigenvalue weighted by Crippen LogP contribution is 2.25. The van der Waals surface area contributed by atoms with Crippen LogP contribution < -0.4 is 0 Å². The van der Waals surface area contributed by atoms with Gasteiger partial charge in [0.2, 0.25) is 0 Å². The van der Waals surface area contributed by atoms with Crippen LogP contribution in [0.4, 0.5) is 0 Å². The Kier molecular flexibility index (Phi) is 3.74. The third-order valence-corrected chi connectivity index (χ3v) is 4.08. The van der Waals surface area contributed by atoms with Crippen molar-refractivity contribution in [1.82, 2.24) is 4.90 Å². The van der Waals surface area contributed by atoms with Gasteiger partial charge in [0, 0.05) is 17.5 Å². The van der Waals surface area contributed by atoms with Crippen LogP contribution >= 0.6 is 0 Å². The van der Waals surface area contributed by atoms with E-state index in [4.69, 9.17) is 4.42 Å². The number of hydrogen-bond donors (Lipinski definition) is 1. The Hall–Kier alpha value is -1.81. The van der Waals surface area contributed by atoms with Gasteiger partial charge in [-0.15, -0.1) is 0 Å². The van der Waals surface area contributed by atoms with Crippen molar-refractivity contribution in [2.75, 3.05) is 6.54 Å². The minimum atomic E-state index is -0.709. The van der Waals surface area contributed by atoms with Gasteiger partial charge < -0.3 is 9.52 Å². The molecule has 0 amide bonds. The van der Waals surface area contributed by atoms with E-state index in [0.29, 0.717) is 6.54 Å². The number of aliphatic carboxylic acids is 1. The summed E-state index contributed by atoms with van der Waals surface area (Å²) >= 11 is 0. The van der Waals surface area contributed by atoms with E-state index in [-0.39, 0.29) is 6.04 Å². The molecule has 0 spiro atoms. The highest BCUT2D eigenvalue weighted by Gasteiger charge is 2.27. The van der Waals surface area contributed by atoms with Gasteiger partial charge in [-0.2, -0.15) is 0 Å². The summed E-state index contributed by atoms with van der Waals surface area (Å²) in [5.41, 5.74) is 1.94. The molecule has 1 unspecified atom stereocenters. The molecule has 1 atom stereocenters. The van der Waals surface area contributed by atoms with Crippen LogP contribution in [0, 0.1) is 0 Å². The molecule has 1 aliphatic heterocycles. The van der Waals surface area contributed by atoms with Crippen molar-refractivity contribution in [3.8, 4) is 0 Å². The summed E-state index contributed by atoms with van der Waals surface area (Å²) in [7, 11) is 0. The summed E-state index contributed by atoms with van der Waals surface area (Å²) in [5.74, 6) is -0.709. The summed E-state index contributed by atoms with van der Waals surface area (Å²) in [5, 5.41) is 10.5. The largest absolute Gasteiger partial charge is 0.480 e. The average molecular weight is 273 g/mol. The first-order chi connectivity index (χ1) is 9.75. The molecule has 1 aromatic carbocycles. The fourth-order valence-electron chi connectivity index (χ4n) is 3.01. The molecule has 0 radical (unpaired) electrons. The lowest BCUT2D eigenvalue weighted by Gasteiger charge is -2.26. The van der Waals surface area contributed by atoms with Crippen molar-refractivity contribution in [1.29, 1.82) is 0 Å². The Morgan fingerprint density at radius 2 is 2.15 bits per heavy atom. The van der Waals surface area contributed by atoms with Crippen LogP contribution in [-0.2, 0) is 11.3 Å². The smallest absolute Gasteiger partial charge is 0.320 e. The number of carbonyl (C=O) groups is 1. The van der Waals surface area contributed by atoms with Crippen molar-refractivity contribution in [3.63, 3.8) is 0 Å². The van der Waals surface area contributed by atoms with Crippen molar-refractivity contribution in [2.24, 2.45) is 0 Å². The summed E-state index contributed by atoms with van der Waals surface area (Å²) in [4.78, 5) is 13.5. The van der Waals surface area contributed by atoms with Crippen LogP contribution in [0.5, 0.6) is 0 Å². The zero-order chi connectivity index (χ0) is 13.9. The Labute approximate surface area is 118 Å². The maximum Gasteiger partial charge on any atom is 0.320 e. The number of nitrogens with zero attached hydrogens (tertiary/aromatic N) is 1. The van der Waals surface area contributed by atoms with Crippen molar-refractivity contribution in [2.45, 2.75) is 38.3 Å². The van der Waals surface area contributed by atoms with Crippen molar-refractivity contribution >= 4 is 16.9 Å². The standard InChI is InChI=1S/C16H19NO3/c18-16(19)14-7-2-1-5-9-17(14)10-12-11-20-15-8-4-3-6-13(12)15/h3-4,6,8,11,14H,1-2,5,7,9-10H2,(H,18,19). The van der Waals surface area contributed by atoms with Crippen LogP contribution in [0.15, 0.2) is 34.9 Å². The zero-order valence-corrected chi connectivity index (χ0v) is 11.4. The molecule has 1 fully saturated rings. The Balaban J connectivity index is 1.85. The van der Waals surface area contributed by atoms with E-state index in [2.05, 4.69) is 4.90 Å². The lowest BCUT2D eigenvalue weighted by Crippen LogP contribution is -2.40. The molecule has 1 N–H and O–H groups in total. The molecule has 2 heterocycles. The second-order valence-electron chi connectivity index (χ2n) is 5.43. The minimum Gasteiger partial charge on any atom is -0.480 e. The normalized spacial score (nSPS) is 20.9. The highest BCUT2D eigenvalue weighted by molar-refractivity contribution is 5.81. The molecule has 4 heteroatoms. The van der Waals surface area contributed by atoms with Crippen molar-refractivity contribution < 1.29 is 14.3 Å². The molecule has 1 saturated heterocycles. The van der Waals surface area contributed by atoms with Gasteiger partial charge in [0.05, 0.1) is 6.26 Å². The third kappa shape index (κ3) is 2.56. The minimum absolute atomic E-state index is 0.369. The van der Waals surface area contributed by atoms with Gasteiger partial charge in [-0.1, -0.05) is 31.0 Å². The Bertz CT molecular complexity index is 605. The van der Waals surface area contributed by atoms with Gasteiger partial charge in [0.1, 0.15) is 11.6 Å². The molecule has 0 aliphatic carbocycles. The fraction of sp³-hybridized carbons (Fsp3) is 0.438. The van der Waals surface area contributed by atoms with Crippen molar-refractivity contribution in [3.05, 3.63) is 36.1 Å². The topological polar surface area (TPSA) is 53.7 Å². The number of benzene rings is 1. The lowest BCUT2D eigenvalue weighted by molar-refractivity contribution is -0.143. The summed E-state index contributed by atoms with van der Waals surface area (Å²) in [6.07, 6.45) is 5.69. The van der Waals surface area contributed by atoms with E-state index in [0.717, 1.165) is 48.8 Å². The zero-order valence-electron chi connectivity index (χ0n) is 11.4. The van der Waals surface area contributed by atoms with E-state index in [1.807, 2.05) is 24.3 Å². The molecule has 4 nitrogen and oxygen atoms in total. The molecular weight excluding hydrogens is 254 g/mol. The molecule has 106 valence electrons. The van der Waals surface area contributed by atoms with Gasteiger partial charge in [0.15, 0.2) is 0 Å². The molecule has 1 aliphatic rings. The predicted octanol–water partition coefficient (Wildman–Crippen LogP) is 3.26. The molecule has 0 bridgehead atoms. The first-order valence-electron chi connectivity index (χ1n) is 7.17. The fourth-order valence-corrected chi connectivity index (χ4v) is 3.01. The quantitative estimate of drug-likeness (QED) is 0.932. The third-order valence-electron chi connectivity index (χ3n) is 4.08. The summed E-state index contributed by atoms with van der Waals surface area (Å²) < 4.78 is 5.54. The predicted molar refractivity (Wildman–Crippen MR) is 76.5 cm³/mol. The second kappa shape index (κ2) is 5.67. The van der Waals surface area contributed by atoms with E-state index < -0.39 is 5.97 Å². The van der Waals surface area contributed by atoms with E-state index in [1.165, 1.54) is 0 Å². The number of likely N-dealkylation sites (tertiary alicyclic amines) is 1. The Morgan fingerprint density at radius 3 is 3.00 bits per heavy atom. The van der Waals surface area contributed by atoms with Gasteiger partial charge in [-0.3, -0.25) is 9.69 Å². The van der Waals surface area contributed by atoms with Gasteiger partial charge in [-0.05, 0) is 25.5 Å². The number of carboxylic acids is 1. The van der Waals surface area contributed by atoms with Crippen LogP contribution in [0.3, 0.4) is 0 Å². The average Bonchev–Trinajstić information content (AvgIpc) is 2.69. The molecule has 3 rings (SSSR count). The summed E-state index contributed by atoms with van der Waals surface area (Å²) in [6.45, 7) is 1.49. The number of fused-ring (bicyclic) bond motifs is 1. The molecule has 2 aromatic rings. The van der Waals surface area contributed by atoms with E-state index in [9.17, 15) is 9.90 Å². The number of rotatable bonds is 3. The van der Waals surface area contributed by atoms with Gasteiger partial charge >= 0.3 is 5.97 Å². The van der Waals surface area contributed by atoms with Crippen LogP contribution in [0.25, 0.3) is 11.0 Å². The molecule has 0 saturated carbocycles. The summed E-state index contributed by atoms with van der Waals surface area (Å²) in [6, 6.07) is 7.53. The number of carboxylic acid groups (broad SMARTS) is 1. The number of para-hydroxylation sites is 1. The van der Waals surface area contributed by atoms with Crippen LogP contribution in [0.2, 0.25) is 0 Å². The SMILES string of the molecule is O=C(O)C1CCCCCN1Cc1coc2ccccc12. The first kappa shape index (κ1) is 13.2. The van der Waals surface area contributed by atoms with Crippen LogP contribution in [0.1, 0.15) is 31.2 Å². The molecular formula is C16H19NO3. The monoisotopic (exact) mass is 273 g/mol.